The van der Waals surface area contributed by atoms with E-state index in [1.54, 1.807) is 0 Å². The van der Waals surface area contributed by atoms with Gasteiger partial charge in [-0.05, 0) is 68.9 Å². The Balaban J connectivity index is 2.71. The highest BCUT2D eigenvalue weighted by atomic mass is 16.3. The second kappa shape index (κ2) is 11.5. The molecule has 0 aromatic heterocycles. The van der Waals surface area contributed by atoms with Crippen LogP contribution >= 0.6 is 0 Å². The summed E-state index contributed by atoms with van der Waals surface area (Å²) < 4.78 is 0. The number of benzene rings is 3. The van der Waals surface area contributed by atoms with Crippen LogP contribution in [0.15, 0.2) is 36.4 Å². The van der Waals surface area contributed by atoms with Gasteiger partial charge in [-0.15, -0.1) is 0 Å². The summed E-state index contributed by atoms with van der Waals surface area (Å²) in [4.78, 5) is 2.26. The van der Waals surface area contributed by atoms with Gasteiger partial charge >= 0.3 is 0 Å². The van der Waals surface area contributed by atoms with Crippen molar-refractivity contribution in [1.29, 1.82) is 0 Å². The Hall–Kier alpha value is -3.14. The lowest BCUT2D eigenvalue weighted by molar-refractivity contribution is 0.423. The molecule has 4 heteroatoms. The Morgan fingerprint density at radius 2 is 0.435 bits per heavy atom. The van der Waals surface area contributed by atoms with Gasteiger partial charge in [0.15, 0.2) is 0 Å². The molecule has 0 heterocycles. The summed E-state index contributed by atoms with van der Waals surface area (Å²) in [6.07, 6.45) is 0. The lowest BCUT2D eigenvalue weighted by atomic mass is 9.77. The third kappa shape index (κ3) is 7.53. The first-order valence-corrected chi connectivity index (χ1v) is 16.8. The third-order valence-corrected chi connectivity index (χ3v) is 8.91. The highest BCUT2D eigenvalue weighted by Crippen LogP contribution is 2.50. The van der Waals surface area contributed by atoms with E-state index in [0.717, 1.165) is 50.4 Å². The number of phenols is 3. The monoisotopic (exact) mass is 629 g/mol. The molecule has 0 amide bonds. The van der Waals surface area contributed by atoms with Crippen molar-refractivity contribution in [1.82, 2.24) is 0 Å². The van der Waals surface area contributed by atoms with Crippen LogP contribution < -0.4 is 4.90 Å². The summed E-state index contributed by atoms with van der Waals surface area (Å²) in [5.41, 5.74) is 6.05. The molecule has 3 rings (SSSR count). The summed E-state index contributed by atoms with van der Waals surface area (Å²) in [7, 11) is 0. The van der Waals surface area contributed by atoms with Crippen LogP contribution in [-0.4, -0.2) is 15.3 Å². The molecule has 4 nitrogen and oxygen atoms in total. The van der Waals surface area contributed by atoms with E-state index in [-0.39, 0.29) is 32.5 Å². The first kappa shape index (κ1) is 37.3. The molecule has 254 valence electrons. The van der Waals surface area contributed by atoms with Crippen LogP contribution in [0.2, 0.25) is 0 Å². The summed E-state index contributed by atoms with van der Waals surface area (Å²) in [5, 5.41) is 35.1. The summed E-state index contributed by atoms with van der Waals surface area (Å²) in [5.74, 6) is 0.991. The molecule has 0 unspecified atom stereocenters. The van der Waals surface area contributed by atoms with Crippen molar-refractivity contribution in [3.8, 4) is 17.2 Å². The first-order valence-electron chi connectivity index (χ1n) is 16.8. The van der Waals surface area contributed by atoms with Gasteiger partial charge in [0.2, 0.25) is 0 Å². The minimum Gasteiger partial charge on any atom is -0.507 e. The van der Waals surface area contributed by atoms with E-state index in [4.69, 9.17) is 0 Å². The fourth-order valence-electron chi connectivity index (χ4n) is 6.12. The standard InChI is InChI=1S/C42H63NO3/c1-37(2,3)28-19-25(20-29(34(28)44)38(4,5)6)43(26-21-30(39(7,8)9)35(45)31(22-26)40(10,11)12)27-23-32(41(13,14)15)36(46)33(24-27)42(16,17)18/h19-24,44-46H,1-18H3. The van der Waals surface area contributed by atoms with Gasteiger partial charge in [0.25, 0.3) is 0 Å². The lowest BCUT2D eigenvalue weighted by Gasteiger charge is -2.36. The van der Waals surface area contributed by atoms with Gasteiger partial charge in [-0.3, -0.25) is 0 Å². The molecule has 0 saturated carbocycles. The zero-order valence-electron chi connectivity index (χ0n) is 32.3. The van der Waals surface area contributed by atoms with Crippen LogP contribution in [0.4, 0.5) is 17.1 Å². The quantitative estimate of drug-likeness (QED) is 0.270. The van der Waals surface area contributed by atoms with E-state index in [0.29, 0.717) is 17.2 Å². The topological polar surface area (TPSA) is 63.9 Å². The van der Waals surface area contributed by atoms with Crippen molar-refractivity contribution in [2.75, 3.05) is 4.90 Å². The van der Waals surface area contributed by atoms with Gasteiger partial charge < -0.3 is 20.2 Å². The van der Waals surface area contributed by atoms with E-state index in [1.165, 1.54) is 0 Å². The van der Waals surface area contributed by atoms with E-state index in [1.807, 2.05) is 0 Å². The molecule has 0 radical (unpaired) electrons. The molecule has 0 fully saturated rings. The van der Waals surface area contributed by atoms with Crippen LogP contribution in [0.5, 0.6) is 17.2 Å². The maximum Gasteiger partial charge on any atom is 0.123 e. The Morgan fingerprint density at radius 3 is 0.543 bits per heavy atom. The van der Waals surface area contributed by atoms with Crippen molar-refractivity contribution in [2.24, 2.45) is 0 Å². The van der Waals surface area contributed by atoms with Gasteiger partial charge in [0.1, 0.15) is 17.2 Å². The highest BCUT2D eigenvalue weighted by Gasteiger charge is 2.33. The second-order valence-electron chi connectivity index (χ2n) is 19.5. The van der Waals surface area contributed by atoms with E-state index >= 15 is 0 Å². The number of anilines is 3. The molecule has 3 N–H and O–H groups in total. The number of phenolic OH excluding ortho intramolecular Hbond substituents is 3. The summed E-state index contributed by atoms with van der Waals surface area (Å²) in [6, 6.07) is 12.7. The van der Waals surface area contributed by atoms with Gasteiger partial charge in [-0.2, -0.15) is 0 Å². The molecule has 0 bridgehead atoms. The molecule has 0 spiro atoms. The van der Waals surface area contributed by atoms with Crippen molar-refractivity contribution in [2.45, 2.75) is 157 Å². The highest BCUT2D eigenvalue weighted by molar-refractivity contribution is 5.82. The van der Waals surface area contributed by atoms with Crippen LogP contribution in [0.25, 0.3) is 0 Å². The number of hydrogen-bond acceptors (Lipinski definition) is 4. The molecule has 0 aliphatic rings. The Labute approximate surface area is 280 Å². The molecule has 46 heavy (non-hydrogen) atoms. The van der Waals surface area contributed by atoms with Crippen molar-refractivity contribution in [3.63, 3.8) is 0 Å². The zero-order chi connectivity index (χ0) is 35.7. The predicted molar refractivity (Wildman–Crippen MR) is 198 cm³/mol. The fraction of sp³-hybridized carbons (Fsp3) is 0.571. The molecular formula is C42H63NO3. The Kier molecular flexibility index (Phi) is 9.35. The minimum absolute atomic E-state index is 0.323. The number of hydrogen-bond donors (Lipinski definition) is 3. The first-order chi connectivity index (χ1) is 20.4. The Morgan fingerprint density at radius 1 is 0.304 bits per heavy atom. The van der Waals surface area contributed by atoms with Gasteiger partial charge in [-0.25, -0.2) is 0 Å². The normalized spacial score (nSPS) is 13.7. The molecule has 3 aromatic rings. The third-order valence-electron chi connectivity index (χ3n) is 8.91. The maximum absolute atomic E-state index is 11.7. The Bertz CT molecular complexity index is 1300. The molecule has 0 atom stereocenters. The van der Waals surface area contributed by atoms with Gasteiger partial charge in [0, 0.05) is 50.4 Å². The van der Waals surface area contributed by atoms with Gasteiger partial charge in [0.05, 0.1) is 0 Å². The van der Waals surface area contributed by atoms with Gasteiger partial charge in [-0.1, -0.05) is 125 Å². The smallest absolute Gasteiger partial charge is 0.123 e. The van der Waals surface area contributed by atoms with Crippen LogP contribution in [-0.2, 0) is 32.5 Å². The zero-order valence-corrected chi connectivity index (χ0v) is 32.3. The lowest BCUT2D eigenvalue weighted by Crippen LogP contribution is -2.23. The maximum atomic E-state index is 11.7. The predicted octanol–water partition coefficient (Wildman–Crippen LogP) is 12.1. The fourth-order valence-corrected chi connectivity index (χ4v) is 6.12. The van der Waals surface area contributed by atoms with Crippen LogP contribution in [0, 0.1) is 0 Å². The molecule has 3 aromatic carbocycles. The molecule has 0 aliphatic carbocycles. The average Bonchev–Trinajstić information content (AvgIpc) is 2.82. The van der Waals surface area contributed by atoms with Crippen LogP contribution in [0.1, 0.15) is 158 Å². The number of rotatable bonds is 3. The van der Waals surface area contributed by atoms with E-state index in [9.17, 15) is 15.3 Å². The SMILES string of the molecule is CC(C)(C)c1cc(N(c2cc(C(C)(C)C)c(O)c(C(C)(C)C)c2)c2cc(C(C)(C)C)c(O)c(C(C)(C)C)c2)cc(C(C)(C)C)c1O. The molecule has 0 saturated heterocycles. The summed E-state index contributed by atoms with van der Waals surface area (Å²) in [6.45, 7) is 38.4. The average molecular weight is 630 g/mol. The summed E-state index contributed by atoms with van der Waals surface area (Å²) >= 11 is 0. The number of nitrogens with zero attached hydrogens (tertiary/aromatic N) is 1. The van der Waals surface area contributed by atoms with Crippen LogP contribution in [0.3, 0.4) is 0 Å². The van der Waals surface area contributed by atoms with E-state index in [2.05, 4.69) is 166 Å². The van der Waals surface area contributed by atoms with E-state index < -0.39 is 0 Å². The second-order valence-corrected chi connectivity index (χ2v) is 19.5. The number of aromatic hydroxyl groups is 3. The molecular weight excluding hydrogens is 566 g/mol. The van der Waals surface area contributed by atoms with Crippen molar-refractivity contribution < 1.29 is 15.3 Å². The largest absolute Gasteiger partial charge is 0.507 e. The molecule has 0 aliphatic heterocycles. The minimum atomic E-state index is -0.323. The van der Waals surface area contributed by atoms with Crippen molar-refractivity contribution in [3.05, 3.63) is 69.8 Å². The van der Waals surface area contributed by atoms with Crippen molar-refractivity contribution >= 4 is 17.1 Å².